The quantitative estimate of drug-likeness (QED) is 0.862. The van der Waals surface area contributed by atoms with Crippen LogP contribution in [0.4, 0.5) is 5.69 Å². The molecule has 0 aliphatic carbocycles. The third-order valence-electron chi connectivity index (χ3n) is 2.56. The maximum atomic E-state index is 11.5. The second kappa shape index (κ2) is 6.65. The zero-order valence-corrected chi connectivity index (χ0v) is 11.1. The average Bonchev–Trinajstić information content (AvgIpc) is 2.35. The third-order valence-corrected chi connectivity index (χ3v) is 2.56. The summed E-state index contributed by atoms with van der Waals surface area (Å²) in [4.78, 5) is 13.5. The number of benzene rings is 1. The Bertz CT molecular complexity index is 449. The van der Waals surface area contributed by atoms with Gasteiger partial charge in [-0.2, -0.15) is 5.26 Å². The molecule has 1 N–H and O–H groups in total. The number of amides is 1. The first kappa shape index (κ1) is 14.0. The van der Waals surface area contributed by atoms with Gasteiger partial charge in [-0.25, -0.2) is 0 Å². The first-order valence-electron chi connectivity index (χ1n) is 6.04. The van der Waals surface area contributed by atoms with E-state index in [4.69, 9.17) is 5.26 Å². The van der Waals surface area contributed by atoms with Crippen molar-refractivity contribution in [1.82, 2.24) is 5.32 Å². The molecule has 0 saturated heterocycles. The van der Waals surface area contributed by atoms with Crippen LogP contribution in [0.1, 0.15) is 25.8 Å². The van der Waals surface area contributed by atoms with Crippen LogP contribution in [0.5, 0.6) is 0 Å². The third kappa shape index (κ3) is 4.10. The number of nitrogens with zero attached hydrogens (tertiary/aromatic N) is 2. The van der Waals surface area contributed by atoms with Crippen LogP contribution < -0.4 is 10.2 Å². The molecule has 0 radical (unpaired) electrons. The molecule has 4 nitrogen and oxygen atoms in total. The summed E-state index contributed by atoms with van der Waals surface area (Å²) in [5.41, 5.74) is 1.49. The molecule has 18 heavy (non-hydrogen) atoms. The van der Waals surface area contributed by atoms with Crippen LogP contribution in [-0.2, 0) is 4.79 Å². The van der Waals surface area contributed by atoms with Crippen molar-refractivity contribution in [2.24, 2.45) is 0 Å². The van der Waals surface area contributed by atoms with Crippen molar-refractivity contribution in [2.45, 2.75) is 26.3 Å². The second-order valence-electron chi connectivity index (χ2n) is 4.52. The van der Waals surface area contributed by atoms with E-state index in [1.54, 1.807) is 6.07 Å². The number of nitrogens with one attached hydrogen (secondary N) is 1. The zero-order chi connectivity index (χ0) is 13.5. The minimum Gasteiger partial charge on any atom is -0.373 e. The van der Waals surface area contributed by atoms with Gasteiger partial charge in [0.25, 0.3) is 0 Å². The molecule has 0 saturated carbocycles. The van der Waals surface area contributed by atoms with Crippen LogP contribution in [-0.4, -0.2) is 25.5 Å². The lowest BCUT2D eigenvalue weighted by Crippen LogP contribution is -2.33. The number of para-hydroxylation sites is 1. The molecule has 1 aromatic carbocycles. The molecule has 0 aliphatic rings. The molecule has 0 aromatic heterocycles. The molecular formula is C14H19N3O. The van der Waals surface area contributed by atoms with Gasteiger partial charge >= 0.3 is 0 Å². The monoisotopic (exact) mass is 245 g/mol. The number of carbonyl (C=O) groups excluding carboxylic acids is 1. The predicted molar refractivity (Wildman–Crippen MR) is 72.3 cm³/mol. The van der Waals surface area contributed by atoms with E-state index in [0.29, 0.717) is 18.5 Å². The Morgan fingerprint density at radius 2 is 2.11 bits per heavy atom. The Morgan fingerprint density at radius 3 is 2.72 bits per heavy atom. The van der Waals surface area contributed by atoms with Gasteiger partial charge < -0.3 is 10.2 Å². The van der Waals surface area contributed by atoms with Crippen LogP contribution in [0.2, 0.25) is 0 Å². The highest BCUT2D eigenvalue weighted by molar-refractivity contribution is 5.77. The highest BCUT2D eigenvalue weighted by Gasteiger charge is 2.09. The van der Waals surface area contributed by atoms with E-state index in [-0.39, 0.29) is 11.9 Å². The first-order chi connectivity index (χ1) is 8.54. The van der Waals surface area contributed by atoms with Crippen LogP contribution in [0, 0.1) is 11.3 Å². The number of carbonyl (C=O) groups is 1. The maximum absolute atomic E-state index is 11.5. The van der Waals surface area contributed by atoms with Gasteiger partial charge in [0, 0.05) is 26.1 Å². The van der Waals surface area contributed by atoms with E-state index in [2.05, 4.69) is 11.4 Å². The molecule has 0 unspecified atom stereocenters. The number of nitriles is 1. The van der Waals surface area contributed by atoms with Crippen LogP contribution in [0.3, 0.4) is 0 Å². The molecule has 0 aliphatic heterocycles. The molecule has 0 fully saturated rings. The first-order valence-corrected chi connectivity index (χ1v) is 6.04. The Balaban J connectivity index is 2.58. The highest BCUT2D eigenvalue weighted by Crippen LogP contribution is 2.17. The van der Waals surface area contributed by atoms with Gasteiger partial charge in [0.15, 0.2) is 0 Å². The zero-order valence-electron chi connectivity index (χ0n) is 11.1. The summed E-state index contributed by atoms with van der Waals surface area (Å²) < 4.78 is 0. The van der Waals surface area contributed by atoms with Crippen molar-refractivity contribution in [3.05, 3.63) is 29.8 Å². The maximum Gasteiger partial charge on any atom is 0.221 e. The molecule has 1 amide bonds. The minimum atomic E-state index is 0.0336. The van der Waals surface area contributed by atoms with Gasteiger partial charge in [-0.05, 0) is 26.0 Å². The number of hydrogen-bond donors (Lipinski definition) is 1. The summed E-state index contributed by atoms with van der Waals surface area (Å²) in [6.07, 6.45) is 0.425. The molecule has 4 heteroatoms. The normalized spacial score (nSPS) is 9.94. The summed E-state index contributed by atoms with van der Waals surface area (Å²) in [7, 11) is 1.89. The lowest BCUT2D eigenvalue weighted by molar-refractivity contribution is -0.121. The fourth-order valence-electron chi connectivity index (χ4n) is 1.68. The van der Waals surface area contributed by atoms with E-state index >= 15 is 0 Å². The van der Waals surface area contributed by atoms with E-state index in [1.165, 1.54) is 0 Å². The molecule has 0 bridgehead atoms. The largest absolute Gasteiger partial charge is 0.373 e. The van der Waals surface area contributed by atoms with Gasteiger partial charge in [0.1, 0.15) is 6.07 Å². The van der Waals surface area contributed by atoms with Gasteiger partial charge in [-0.15, -0.1) is 0 Å². The van der Waals surface area contributed by atoms with Crippen molar-refractivity contribution >= 4 is 11.6 Å². The summed E-state index contributed by atoms with van der Waals surface area (Å²) >= 11 is 0. The summed E-state index contributed by atoms with van der Waals surface area (Å²) in [5.74, 6) is 0.0336. The molecule has 0 heterocycles. The van der Waals surface area contributed by atoms with Crippen LogP contribution in [0.25, 0.3) is 0 Å². The molecule has 0 spiro atoms. The van der Waals surface area contributed by atoms with Gasteiger partial charge in [0.05, 0.1) is 11.3 Å². The van der Waals surface area contributed by atoms with Crippen molar-refractivity contribution in [3.63, 3.8) is 0 Å². The summed E-state index contributed by atoms with van der Waals surface area (Å²) in [6, 6.07) is 9.71. The lowest BCUT2D eigenvalue weighted by atomic mass is 10.2. The van der Waals surface area contributed by atoms with Crippen molar-refractivity contribution in [3.8, 4) is 6.07 Å². The van der Waals surface area contributed by atoms with Crippen LogP contribution >= 0.6 is 0 Å². The SMILES string of the molecule is CC(C)NC(=O)CCN(C)c1ccccc1C#N. The van der Waals surface area contributed by atoms with E-state index in [9.17, 15) is 4.79 Å². The van der Waals surface area contributed by atoms with Gasteiger partial charge in [-0.1, -0.05) is 12.1 Å². The Kier molecular flexibility index (Phi) is 5.19. The van der Waals surface area contributed by atoms with Crippen molar-refractivity contribution in [2.75, 3.05) is 18.5 Å². The van der Waals surface area contributed by atoms with Crippen molar-refractivity contribution in [1.29, 1.82) is 5.26 Å². The second-order valence-corrected chi connectivity index (χ2v) is 4.52. The Labute approximate surface area is 108 Å². The minimum absolute atomic E-state index is 0.0336. The fourth-order valence-corrected chi connectivity index (χ4v) is 1.68. The Hall–Kier alpha value is -2.02. The predicted octanol–water partition coefficient (Wildman–Crippen LogP) is 1.91. The number of rotatable bonds is 5. The highest BCUT2D eigenvalue weighted by atomic mass is 16.1. The van der Waals surface area contributed by atoms with E-state index in [0.717, 1.165) is 5.69 Å². The molecule has 1 aromatic rings. The smallest absolute Gasteiger partial charge is 0.221 e. The summed E-state index contributed by atoms with van der Waals surface area (Å²) in [5, 5.41) is 11.9. The summed E-state index contributed by atoms with van der Waals surface area (Å²) in [6.45, 7) is 4.47. The number of anilines is 1. The standard InChI is InChI=1S/C14H19N3O/c1-11(2)16-14(18)8-9-17(3)13-7-5-4-6-12(13)10-15/h4-7,11H,8-9H2,1-3H3,(H,16,18). The van der Waals surface area contributed by atoms with Crippen LogP contribution in [0.15, 0.2) is 24.3 Å². The fraction of sp³-hybridized carbons (Fsp3) is 0.429. The average molecular weight is 245 g/mol. The number of hydrogen-bond acceptors (Lipinski definition) is 3. The molecule has 96 valence electrons. The van der Waals surface area contributed by atoms with Crippen molar-refractivity contribution < 1.29 is 4.79 Å². The molecule has 0 atom stereocenters. The topological polar surface area (TPSA) is 56.1 Å². The van der Waals surface area contributed by atoms with E-state index in [1.807, 2.05) is 44.0 Å². The lowest BCUT2D eigenvalue weighted by Gasteiger charge is -2.20. The van der Waals surface area contributed by atoms with E-state index < -0.39 is 0 Å². The Morgan fingerprint density at radius 1 is 1.44 bits per heavy atom. The van der Waals surface area contributed by atoms with Gasteiger partial charge in [-0.3, -0.25) is 4.79 Å². The molecular weight excluding hydrogens is 226 g/mol. The van der Waals surface area contributed by atoms with Gasteiger partial charge in [0.2, 0.25) is 5.91 Å². The molecule has 1 rings (SSSR count).